The molecule has 4 N–H and O–H groups in total. The molecule has 1 saturated heterocycles. The van der Waals surface area contributed by atoms with E-state index in [1.165, 1.54) is 51.4 Å². The molecule has 0 aromatic heterocycles. The van der Waals surface area contributed by atoms with Crippen LogP contribution in [0.5, 0.6) is 0 Å². The number of carbonyl (C=O) groups excluding carboxylic acids is 1. The fourth-order valence-corrected chi connectivity index (χ4v) is 4.12. The highest BCUT2D eigenvalue weighted by Crippen LogP contribution is 2.21. The van der Waals surface area contributed by atoms with Crippen molar-refractivity contribution in [2.45, 2.75) is 134 Å². The van der Waals surface area contributed by atoms with Gasteiger partial charge in [0, 0.05) is 13.0 Å². The van der Waals surface area contributed by atoms with Gasteiger partial charge in [-0.2, -0.15) is 0 Å². The van der Waals surface area contributed by atoms with Crippen molar-refractivity contribution in [3.8, 4) is 0 Å². The number of aliphatic hydroxyl groups is 3. The molecule has 1 aliphatic heterocycles. The topological polar surface area (TPSA) is 108 Å². The van der Waals surface area contributed by atoms with Crippen molar-refractivity contribution in [1.29, 1.82) is 0 Å². The van der Waals surface area contributed by atoms with E-state index in [-0.39, 0.29) is 18.9 Å². The first-order valence-corrected chi connectivity index (χ1v) is 13.9. The number of rotatable bonds is 20. The second-order valence-electron chi connectivity index (χ2n) is 9.55. The van der Waals surface area contributed by atoms with E-state index in [2.05, 4.69) is 36.5 Å². The lowest BCUT2D eigenvalue weighted by molar-refractivity contribution is -0.256. The molecule has 7 heteroatoms. The standard InChI is InChI=1S/C28H51NO6/c1-3-5-6-7-8-9-10-11-12-13-14-15-16-17-18-19-21-34-22-23-26(31)27(32)25(28(33)35-23)29-24(30)20-4-2/h8-9,11-12,23,25-28,31-33H,3-7,10,13-22H2,1-2H3,(H,29,30)/b9-8-,12-11-/t23-,25-,26-,27-,28?/m1/s1. The summed E-state index contributed by atoms with van der Waals surface area (Å²) in [7, 11) is 0. The Morgan fingerprint density at radius 3 is 2.11 bits per heavy atom. The highest BCUT2D eigenvalue weighted by Gasteiger charge is 2.44. The average Bonchev–Trinajstić information content (AvgIpc) is 2.84. The SMILES string of the molecule is CCCCC/C=C\C/C=C\CCCCCCCCOC[C@H]1OC(O)[C@H](NC(=O)CCC)[C@@H](O)[C@@H]1O. The van der Waals surface area contributed by atoms with E-state index in [9.17, 15) is 20.1 Å². The summed E-state index contributed by atoms with van der Waals surface area (Å²) in [6.45, 7) is 4.73. The average molecular weight is 498 g/mol. The molecule has 0 aliphatic carbocycles. The van der Waals surface area contributed by atoms with Crippen LogP contribution in [0.4, 0.5) is 0 Å². The van der Waals surface area contributed by atoms with E-state index < -0.39 is 30.6 Å². The van der Waals surface area contributed by atoms with Crippen LogP contribution in [0, 0.1) is 0 Å². The lowest BCUT2D eigenvalue weighted by atomic mass is 9.97. The Hall–Kier alpha value is -1.25. The Morgan fingerprint density at radius 2 is 1.46 bits per heavy atom. The zero-order chi connectivity index (χ0) is 25.7. The van der Waals surface area contributed by atoms with Crippen LogP contribution in [0.3, 0.4) is 0 Å². The van der Waals surface area contributed by atoms with Gasteiger partial charge in [0.05, 0.1) is 6.61 Å². The number of hydrogen-bond donors (Lipinski definition) is 4. The quantitative estimate of drug-likeness (QED) is 0.145. The van der Waals surface area contributed by atoms with E-state index >= 15 is 0 Å². The van der Waals surface area contributed by atoms with Crippen LogP contribution >= 0.6 is 0 Å². The number of carbonyl (C=O) groups is 1. The van der Waals surface area contributed by atoms with Gasteiger partial charge >= 0.3 is 0 Å². The lowest BCUT2D eigenvalue weighted by Gasteiger charge is -2.40. The molecule has 1 heterocycles. The number of amides is 1. The molecule has 35 heavy (non-hydrogen) atoms. The molecule has 0 aromatic carbocycles. The first-order chi connectivity index (χ1) is 17.0. The third-order valence-corrected chi connectivity index (χ3v) is 6.30. The molecular formula is C28H51NO6. The molecule has 0 spiro atoms. The van der Waals surface area contributed by atoms with Gasteiger partial charge in [-0.1, -0.05) is 76.7 Å². The summed E-state index contributed by atoms with van der Waals surface area (Å²) >= 11 is 0. The third kappa shape index (κ3) is 14.8. The van der Waals surface area contributed by atoms with Gasteiger partial charge in [-0.25, -0.2) is 0 Å². The van der Waals surface area contributed by atoms with E-state index in [0.29, 0.717) is 13.0 Å². The maximum Gasteiger partial charge on any atom is 0.220 e. The van der Waals surface area contributed by atoms with Crippen molar-refractivity contribution in [2.75, 3.05) is 13.2 Å². The van der Waals surface area contributed by atoms with Gasteiger partial charge in [0.15, 0.2) is 6.29 Å². The molecule has 0 radical (unpaired) electrons. The zero-order valence-corrected chi connectivity index (χ0v) is 22.1. The van der Waals surface area contributed by atoms with Gasteiger partial charge in [-0.15, -0.1) is 0 Å². The second kappa shape index (κ2) is 20.9. The number of ether oxygens (including phenoxy) is 2. The molecule has 5 atom stereocenters. The van der Waals surface area contributed by atoms with Crippen LogP contribution in [0.2, 0.25) is 0 Å². The predicted molar refractivity (Wildman–Crippen MR) is 140 cm³/mol. The summed E-state index contributed by atoms with van der Waals surface area (Å²) < 4.78 is 11.0. The molecule has 0 bridgehead atoms. The van der Waals surface area contributed by atoms with Gasteiger partial charge in [0.1, 0.15) is 24.4 Å². The lowest BCUT2D eigenvalue weighted by Crippen LogP contribution is -2.64. The van der Waals surface area contributed by atoms with Gasteiger partial charge in [0.2, 0.25) is 5.91 Å². The Kier molecular flexibility index (Phi) is 19.0. The molecule has 0 saturated carbocycles. The van der Waals surface area contributed by atoms with Crippen molar-refractivity contribution in [1.82, 2.24) is 5.32 Å². The molecule has 204 valence electrons. The Morgan fingerprint density at radius 1 is 0.829 bits per heavy atom. The molecule has 7 nitrogen and oxygen atoms in total. The van der Waals surface area contributed by atoms with Gasteiger partial charge in [-0.05, 0) is 44.9 Å². The maximum absolute atomic E-state index is 11.7. The predicted octanol–water partition coefficient (Wildman–Crippen LogP) is 4.54. The first-order valence-electron chi connectivity index (χ1n) is 13.9. The molecule has 1 fully saturated rings. The van der Waals surface area contributed by atoms with Crippen LogP contribution in [-0.2, 0) is 14.3 Å². The summed E-state index contributed by atoms with van der Waals surface area (Å²) in [5.74, 6) is -0.293. The summed E-state index contributed by atoms with van der Waals surface area (Å²) in [6.07, 6.45) is 19.5. The van der Waals surface area contributed by atoms with Crippen LogP contribution in [-0.4, -0.2) is 65.1 Å². The minimum absolute atomic E-state index is 0.0885. The van der Waals surface area contributed by atoms with Crippen molar-refractivity contribution in [3.05, 3.63) is 24.3 Å². The fraction of sp³-hybridized carbons (Fsp3) is 0.821. The number of allylic oxidation sites excluding steroid dienone is 4. The number of hydrogen-bond acceptors (Lipinski definition) is 6. The first kappa shape index (κ1) is 31.8. The van der Waals surface area contributed by atoms with Crippen molar-refractivity contribution < 1.29 is 29.6 Å². The summed E-state index contributed by atoms with van der Waals surface area (Å²) in [5.41, 5.74) is 0. The molecule has 0 aromatic rings. The Balaban J connectivity index is 2.00. The zero-order valence-electron chi connectivity index (χ0n) is 22.1. The summed E-state index contributed by atoms with van der Waals surface area (Å²) in [6, 6.07) is -1.05. The largest absolute Gasteiger partial charge is 0.388 e. The van der Waals surface area contributed by atoms with Crippen LogP contribution < -0.4 is 5.32 Å². The second-order valence-corrected chi connectivity index (χ2v) is 9.55. The van der Waals surface area contributed by atoms with Gasteiger partial charge in [-0.3, -0.25) is 4.79 Å². The van der Waals surface area contributed by atoms with E-state index in [1.54, 1.807) is 0 Å². The number of unbranched alkanes of at least 4 members (excludes halogenated alkanes) is 9. The van der Waals surface area contributed by atoms with Gasteiger partial charge in [0.25, 0.3) is 0 Å². The third-order valence-electron chi connectivity index (χ3n) is 6.30. The van der Waals surface area contributed by atoms with E-state index in [0.717, 1.165) is 25.7 Å². The minimum Gasteiger partial charge on any atom is -0.388 e. The maximum atomic E-state index is 11.7. The molecule has 1 aliphatic rings. The van der Waals surface area contributed by atoms with E-state index in [4.69, 9.17) is 9.47 Å². The van der Waals surface area contributed by atoms with Crippen LogP contribution in [0.15, 0.2) is 24.3 Å². The highest BCUT2D eigenvalue weighted by molar-refractivity contribution is 5.76. The van der Waals surface area contributed by atoms with Crippen molar-refractivity contribution in [2.24, 2.45) is 0 Å². The summed E-state index contributed by atoms with van der Waals surface area (Å²) in [4.78, 5) is 11.7. The Bertz CT molecular complexity index is 582. The normalized spacial score (nSPS) is 25.0. The van der Waals surface area contributed by atoms with Crippen LogP contribution in [0.1, 0.15) is 104 Å². The van der Waals surface area contributed by atoms with E-state index in [1.807, 2.05) is 6.92 Å². The Labute approximate surface area is 213 Å². The monoisotopic (exact) mass is 497 g/mol. The molecule has 1 rings (SSSR count). The van der Waals surface area contributed by atoms with Crippen LogP contribution in [0.25, 0.3) is 0 Å². The van der Waals surface area contributed by atoms with Gasteiger partial charge < -0.3 is 30.1 Å². The number of aliphatic hydroxyl groups excluding tert-OH is 3. The molecular weight excluding hydrogens is 446 g/mol. The molecule has 1 unspecified atom stereocenters. The summed E-state index contributed by atoms with van der Waals surface area (Å²) in [5, 5.41) is 33.2. The highest BCUT2D eigenvalue weighted by atomic mass is 16.6. The molecule has 1 amide bonds. The fourth-order valence-electron chi connectivity index (χ4n) is 4.12. The smallest absolute Gasteiger partial charge is 0.220 e. The minimum atomic E-state index is -1.38. The number of nitrogens with one attached hydrogen (secondary N) is 1. The van der Waals surface area contributed by atoms with Crippen molar-refractivity contribution >= 4 is 5.91 Å². The van der Waals surface area contributed by atoms with Crippen molar-refractivity contribution in [3.63, 3.8) is 0 Å².